The predicted molar refractivity (Wildman–Crippen MR) is 81.9 cm³/mol. The van der Waals surface area contributed by atoms with Crippen LogP contribution in [0.25, 0.3) is 11.5 Å². The molecule has 2 aromatic heterocycles. The highest BCUT2D eigenvalue weighted by Crippen LogP contribution is 2.29. The number of hydrogen-bond donors (Lipinski definition) is 1. The number of nitrogens with zero attached hydrogens (tertiary/aromatic N) is 2. The van der Waals surface area contributed by atoms with Crippen molar-refractivity contribution >= 4 is 17.4 Å². The Bertz CT molecular complexity index is 764. The van der Waals surface area contributed by atoms with E-state index in [2.05, 4.69) is 10.2 Å². The first-order valence-electron chi connectivity index (χ1n) is 6.50. The molecule has 6 heteroatoms. The molecule has 0 saturated heterocycles. The van der Waals surface area contributed by atoms with Crippen molar-refractivity contribution in [2.45, 2.75) is 24.5 Å². The van der Waals surface area contributed by atoms with Gasteiger partial charge in [0.05, 0.1) is 11.3 Å². The van der Waals surface area contributed by atoms with Crippen LogP contribution in [0.2, 0.25) is 0 Å². The summed E-state index contributed by atoms with van der Waals surface area (Å²) in [4.78, 5) is 1.01. The van der Waals surface area contributed by atoms with Crippen LogP contribution in [0, 0.1) is 13.8 Å². The van der Waals surface area contributed by atoms with Gasteiger partial charge in [0.25, 0.3) is 5.89 Å². The summed E-state index contributed by atoms with van der Waals surface area (Å²) in [6.07, 6.45) is 0. The molecule has 1 aromatic carbocycles. The zero-order chi connectivity index (χ0) is 14.8. The van der Waals surface area contributed by atoms with Crippen LogP contribution >= 0.6 is 11.8 Å². The predicted octanol–water partition coefficient (Wildman–Crippen LogP) is 3.82. The fourth-order valence-corrected chi connectivity index (χ4v) is 2.82. The van der Waals surface area contributed by atoms with Gasteiger partial charge < -0.3 is 14.6 Å². The summed E-state index contributed by atoms with van der Waals surface area (Å²) in [5, 5.41) is 8.14. The number of aryl methyl sites for hydroxylation is 2. The first-order valence-corrected chi connectivity index (χ1v) is 7.49. The second-order valence-electron chi connectivity index (χ2n) is 4.65. The third kappa shape index (κ3) is 2.95. The van der Waals surface area contributed by atoms with Crippen LogP contribution in [0.5, 0.6) is 0 Å². The highest BCUT2D eigenvalue weighted by atomic mass is 32.2. The number of para-hydroxylation sites is 1. The standard InChI is InChI=1S/C15H15N3O2S/c1-9-7-11(10(2)19-9)15-18-17-14(20-15)8-21-13-6-4-3-5-12(13)16/h3-7H,8,16H2,1-2H3. The molecule has 0 saturated carbocycles. The molecular weight excluding hydrogens is 286 g/mol. The topological polar surface area (TPSA) is 78.1 Å². The van der Waals surface area contributed by atoms with Gasteiger partial charge in [0.15, 0.2) is 0 Å². The molecular formula is C15H15N3O2S. The van der Waals surface area contributed by atoms with Crippen molar-refractivity contribution in [3.63, 3.8) is 0 Å². The molecule has 0 amide bonds. The second-order valence-corrected chi connectivity index (χ2v) is 5.67. The van der Waals surface area contributed by atoms with Gasteiger partial charge in [-0.2, -0.15) is 0 Å². The van der Waals surface area contributed by atoms with E-state index >= 15 is 0 Å². The molecule has 0 aliphatic carbocycles. The van der Waals surface area contributed by atoms with Gasteiger partial charge in [-0.25, -0.2) is 0 Å². The number of thioether (sulfide) groups is 1. The normalized spacial score (nSPS) is 11.0. The largest absolute Gasteiger partial charge is 0.466 e. The maximum atomic E-state index is 5.90. The number of hydrogen-bond acceptors (Lipinski definition) is 6. The summed E-state index contributed by atoms with van der Waals surface area (Å²) in [5.41, 5.74) is 7.50. The highest BCUT2D eigenvalue weighted by Gasteiger charge is 2.14. The van der Waals surface area contributed by atoms with E-state index in [0.717, 1.165) is 27.7 Å². The fourth-order valence-electron chi connectivity index (χ4n) is 2.02. The SMILES string of the molecule is Cc1cc(-c2nnc(CSc3ccccc3N)o2)c(C)o1. The van der Waals surface area contributed by atoms with Crippen LogP contribution in [0.15, 0.2) is 44.1 Å². The van der Waals surface area contributed by atoms with Crippen molar-refractivity contribution in [1.82, 2.24) is 10.2 Å². The van der Waals surface area contributed by atoms with Crippen molar-refractivity contribution in [2.75, 3.05) is 5.73 Å². The summed E-state index contributed by atoms with van der Waals surface area (Å²) in [7, 11) is 0. The van der Waals surface area contributed by atoms with Gasteiger partial charge in [0.1, 0.15) is 11.5 Å². The van der Waals surface area contributed by atoms with Crippen molar-refractivity contribution in [1.29, 1.82) is 0 Å². The second kappa shape index (κ2) is 5.65. The monoisotopic (exact) mass is 301 g/mol. The van der Waals surface area contributed by atoms with Gasteiger partial charge in [-0.15, -0.1) is 22.0 Å². The average Bonchev–Trinajstić information content (AvgIpc) is 3.04. The third-order valence-corrected chi connectivity index (χ3v) is 4.08. The summed E-state index contributed by atoms with van der Waals surface area (Å²) in [5.74, 6) is 3.24. The van der Waals surface area contributed by atoms with E-state index in [0.29, 0.717) is 17.5 Å². The Morgan fingerprint density at radius 1 is 1.14 bits per heavy atom. The van der Waals surface area contributed by atoms with E-state index in [4.69, 9.17) is 14.6 Å². The number of aromatic nitrogens is 2. The molecule has 3 aromatic rings. The average molecular weight is 301 g/mol. The molecule has 0 spiro atoms. The quantitative estimate of drug-likeness (QED) is 0.583. The lowest BCUT2D eigenvalue weighted by molar-refractivity contribution is 0.499. The number of rotatable bonds is 4. The van der Waals surface area contributed by atoms with Gasteiger partial charge >= 0.3 is 0 Å². The lowest BCUT2D eigenvalue weighted by Crippen LogP contribution is -1.88. The van der Waals surface area contributed by atoms with Gasteiger partial charge in [-0.3, -0.25) is 0 Å². The van der Waals surface area contributed by atoms with Crippen LogP contribution in [-0.2, 0) is 5.75 Å². The van der Waals surface area contributed by atoms with Crippen molar-refractivity contribution in [2.24, 2.45) is 0 Å². The minimum absolute atomic E-state index is 0.487. The molecule has 5 nitrogen and oxygen atoms in total. The lowest BCUT2D eigenvalue weighted by Gasteiger charge is -2.01. The molecule has 2 heterocycles. The summed E-state index contributed by atoms with van der Waals surface area (Å²) in [6.45, 7) is 3.77. The Morgan fingerprint density at radius 3 is 2.67 bits per heavy atom. The van der Waals surface area contributed by atoms with E-state index < -0.39 is 0 Å². The number of anilines is 1. The summed E-state index contributed by atoms with van der Waals surface area (Å²) in [6, 6.07) is 9.61. The molecule has 21 heavy (non-hydrogen) atoms. The Labute approximate surface area is 126 Å². The summed E-state index contributed by atoms with van der Waals surface area (Å²) >= 11 is 1.57. The van der Waals surface area contributed by atoms with Crippen LogP contribution in [0.3, 0.4) is 0 Å². The minimum Gasteiger partial charge on any atom is -0.466 e. The first kappa shape index (κ1) is 13.8. The fraction of sp³-hybridized carbons (Fsp3) is 0.200. The molecule has 0 aliphatic rings. The molecule has 0 fully saturated rings. The number of nitrogens with two attached hydrogens (primary N) is 1. The zero-order valence-electron chi connectivity index (χ0n) is 11.8. The maximum absolute atomic E-state index is 5.90. The van der Waals surface area contributed by atoms with E-state index in [1.807, 2.05) is 44.2 Å². The van der Waals surface area contributed by atoms with Crippen LogP contribution in [-0.4, -0.2) is 10.2 Å². The Hall–Kier alpha value is -2.21. The molecule has 0 aliphatic heterocycles. The molecule has 0 radical (unpaired) electrons. The molecule has 0 bridgehead atoms. The van der Waals surface area contributed by atoms with Crippen LogP contribution in [0.4, 0.5) is 5.69 Å². The minimum atomic E-state index is 0.487. The van der Waals surface area contributed by atoms with Gasteiger partial charge in [0, 0.05) is 10.6 Å². The Kier molecular flexibility index (Phi) is 3.70. The first-order chi connectivity index (χ1) is 10.1. The van der Waals surface area contributed by atoms with Crippen LogP contribution < -0.4 is 5.73 Å². The van der Waals surface area contributed by atoms with Gasteiger partial charge in [0.2, 0.25) is 5.89 Å². The lowest BCUT2D eigenvalue weighted by atomic mass is 10.2. The molecule has 2 N–H and O–H groups in total. The molecule has 108 valence electrons. The van der Waals surface area contributed by atoms with Crippen LogP contribution in [0.1, 0.15) is 17.4 Å². The van der Waals surface area contributed by atoms with E-state index in [1.54, 1.807) is 11.8 Å². The number of nitrogen functional groups attached to an aromatic ring is 1. The van der Waals surface area contributed by atoms with Crippen molar-refractivity contribution in [3.8, 4) is 11.5 Å². The van der Waals surface area contributed by atoms with E-state index in [9.17, 15) is 0 Å². The molecule has 0 atom stereocenters. The van der Waals surface area contributed by atoms with E-state index in [-0.39, 0.29) is 0 Å². The van der Waals surface area contributed by atoms with Crippen molar-refractivity contribution in [3.05, 3.63) is 47.7 Å². The highest BCUT2D eigenvalue weighted by molar-refractivity contribution is 7.98. The molecule has 3 rings (SSSR count). The van der Waals surface area contributed by atoms with Crippen molar-refractivity contribution < 1.29 is 8.83 Å². The van der Waals surface area contributed by atoms with Gasteiger partial charge in [-0.05, 0) is 32.0 Å². The smallest absolute Gasteiger partial charge is 0.251 e. The third-order valence-electron chi connectivity index (χ3n) is 3.01. The van der Waals surface area contributed by atoms with Gasteiger partial charge in [-0.1, -0.05) is 12.1 Å². The maximum Gasteiger partial charge on any atom is 0.251 e. The molecule has 0 unspecified atom stereocenters. The number of benzene rings is 1. The Balaban J connectivity index is 1.74. The Morgan fingerprint density at radius 2 is 1.95 bits per heavy atom. The van der Waals surface area contributed by atoms with E-state index in [1.165, 1.54) is 0 Å². The zero-order valence-corrected chi connectivity index (χ0v) is 12.6. The summed E-state index contributed by atoms with van der Waals surface area (Å²) < 4.78 is 11.2. The number of furan rings is 1.